The van der Waals surface area contributed by atoms with Crippen LogP contribution < -0.4 is 4.74 Å². The number of aromatic amines is 1. The van der Waals surface area contributed by atoms with Crippen molar-refractivity contribution >= 4 is 10.8 Å². The summed E-state index contributed by atoms with van der Waals surface area (Å²) in [7, 11) is 1.73. The molecule has 1 N–H and O–H groups in total. The summed E-state index contributed by atoms with van der Waals surface area (Å²) >= 11 is 0. The Morgan fingerprint density at radius 3 is 2.15 bits per heavy atom. The summed E-state index contributed by atoms with van der Waals surface area (Å²) in [6.45, 7) is 4.30. The van der Waals surface area contributed by atoms with Crippen LogP contribution in [0.5, 0.6) is 5.75 Å². The zero-order valence-electron chi connectivity index (χ0n) is 15.5. The van der Waals surface area contributed by atoms with Crippen molar-refractivity contribution in [3.05, 3.63) is 77.9 Å². The zero-order valence-corrected chi connectivity index (χ0v) is 15.5. The Hall–Kier alpha value is -3.00. The van der Waals surface area contributed by atoms with E-state index < -0.39 is 0 Å². The molecule has 1 heterocycles. The van der Waals surface area contributed by atoms with E-state index in [9.17, 15) is 0 Å². The Balaban J connectivity index is 1.79. The molecule has 1 aromatic heterocycles. The second-order valence-electron chi connectivity index (χ2n) is 6.69. The van der Waals surface area contributed by atoms with Crippen LogP contribution in [0.1, 0.15) is 18.1 Å². The summed E-state index contributed by atoms with van der Waals surface area (Å²) in [5, 5.41) is 2.43. The molecule has 0 aliphatic heterocycles. The van der Waals surface area contributed by atoms with Crippen LogP contribution in [0.25, 0.3) is 33.3 Å². The standard InChI is InChI=1S/C24H23NO/c1-4-17-10-14-24(26-3)20-11-9-19(15-21(17)20)23-13-12-22(25-23)18-7-5-16(2)6-8-18/h5-15,25H,4H2,1-3H3. The fourth-order valence-electron chi connectivity index (χ4n) is 3.50. The fraction of sp³-hybridized carbons (Fsp3) is 0.167. The smallest absolute Gasteiger partial charge is 0.126 e. The third-order valence-corrected chi connectivity index (χ3v) is 5.03. The van der Waals surface area contributed by atoms with E-state index in [0.29, 0.717) is 0 Å². The summed E-state index contributed by atoms with van der Waals surface area (Å²) < 4.78 is 5.54. The first-order valence-corrected chi connectivity index (χ1v) is 9.05. The van der Waals surface area contributed by atoms with Crippen molar-refractivity contribution in [3.63, 3.8) is 0 Å². The van der Waals surface area contributed by atoms with Gasteiger partial charge in [-0.25, -0.2) is 0 Å². The molecule has 0 radical (unpaired) electrons. The Kier molecular flexibility index (Phi) is 4.26. The lowest BCUT2D eigenvalue weighted by Gasteiger charge is -2.11. The van der Waals surface area contributed by atoms with E-state index in [4.69, 9.17) is 4.74 Å². The zero-order chi connectivity index (χ0) is 18.1. The van der Waals surface area contributed by atoms with Crippen molar-refractivity contribution in [2.45, 2.75) is 20.3 Å². The molecule has 0 spiro atoms. The van der Waals surface area contributed by atoms with E-state index in [1.54, 1.807) is 7.11 Å². The molecule has 0 amide bonds. The number of benzene rings is 3. The van der Waals surface area contributed by atoms with E-state index >= 15 is 0 Å². The van der Waals surface area contributed by atoms with Gasteiger partial charge in [0.25, 0.3) is 0 Å². The van der Waals surface area contributed by atoms with Gasteiger partial charge in [0.1, 0.15) is 5.75 Å². The molecule has 4 rings (SSSR count). The van der Waals surface area contributed by atoms with E-state index in [1.165, 1.54) is 33.0 Å². The van der Waals surface area contributed by atoms with Crippen molar-refractivity contribution in [2.24, 2.45) is 0 Å². The van der Waals surface area contributed by atoms with Crippen LogP contribution in [0.4, 0.5) is 0 Å². The largest absolute Gasteiger partial charge is 0.496 e. The molecular weight excluding hydrogens is 318 g/mol. The highest BCUT2D eigenvalue weighted by atomic mass is 16.5. The lowest BCUT2D eigenvalue weighted by atomic mass is 9.98. The monoisotopic (exact) mass is 341 g/mol. The number of fused-ring (bicyclic) bond motifs is 1. The van der Waals surface area contributed by atoms with Crippen LogP contribution in [0.15, 0.2) is 66.7 Å². The van der Waals surface area contributed by atoms with Gasteiger partial charge in [0.2, 0.25) is 0 Å². The van der Waals surface area contributed by atoms with Gasteiger partial charge < -0.3 is 9.72 Å². The molecule has 0 fully saturated rings. The lowest BCUT2D eigenvalue weighted by molar-refractivity contribution is 0.419. The number of nitrogens with one attached hydrogen (secondary N) is 1. The maximum absolute atomic E-state index is 5.54. The van der Waals surface area contributed by atoms with Crippen molar-refractivity contribution in [3.8, 4) is 28.3 Å². The topological polar surface area (TPSA) is 25.0 Å². The van der Waals surface area contributed by atoms with E-state index in [0.717, 1.165) is 23.6 Å². The average Bonchev–Trinajstić information content (AvgIpc) is 3.17. The van der Waals surface area contributed by atoms with Gasteiger partial charge in [-0.3, -0.25) is 0 Å². The third-order valence-electron chi connectivity index (χ3n) is 5.03. The first-order chi connectivity index (χ1) is 12.7. The van der Waals surface area contributed by atoms with Crippen LogP contribution >= 0.6 is 0 Å². The fourth-order valence-corrected chi connectivity index (χ4v) is 3.50. The number of ether oxygens (including phenoxy) is 1. The predicted molar refractivity (Wildman–Crippen MR) is 110 cm³/mol. The molecule has 0 aliphatic rings. The van der Waals surface area contributed by atoms with Crippen molar-refractivity contribution in [1.82, 2.24) is 4.98 Å². The van der Waals surface area contributed by atoms with E-state index in [-0.39, 0.29) is 0 Å². The summed E-state index contributed by atoms with van der Waals surface area (Å²) in [6, 6.07) is 23.7. The summed E-state index contributed by atoms with van der Waals surface area (Å²) in [5.74, 6) is 0.926. The number of methoxy groups -OCH3 is 1. The van der Waals surface area contributed by atoms with Gasteiger partial charge in [-0.1, -0.05) is 48.9 Å². The van der Waals surface area contributed by atoms with Crippen LogP contribution in [-0.2, 0) is 6.42 Å². The van der Waals surface area contributed by atoms with Gasteiger partial charge in [0, 0.05) is 16.8 Å². The normalized spacial score (nSPS) is 11.0. The maximum atomic E-state index is 5.54. The van der Waals surface area contributed by atoms with E-state index in [2.05, 4.69) is 85.6 Å². The van der Waals surface area contributed by atoms with E-state index in [1.807, 2.05) is 0 Å². The SMILES string of the molecule is CCc1ccc(OC)c2ccc(-c3ccc(-c4ccc(C)cc4)[nH]3)cc12. The van der Waals surface area contributed by atoms with Crippen molar-refractivity contribution < 1.29 is 4.74 Å². The number of hydrogen-bond acceptors (Lipinski definition) is 1. The molecule has 26 heavy (non-hydrogen) atoms. The minimum absolute atomic E-state index is 0.926. The molecule has 0 aliphatic carbocycles. The van der Waals surface area contributed by atoms with Crippen LogP contribution in [0.2, 0.25) is 0 Å². The first-order valence-electron chi connectivity index (χ1n) is 9.05. The lowest BCUT2D eigenvalue weighted by Crippen LogP contribution is -1.90. The summed E-state index contributed by atoms with van der Waals surface area (Å²) in [6.07, 6.45) is 1.00. The van der Waals surface area contributed by atoms with Gasteiger partial charge in [-0.05, 0) is 65.8 Å². The Labute approximate surface area is 154 Å². The van der Waals surface area contributed by atoms with Gasteiger partial charge in [0.15, 0.2) is 0 Å². The molecule has 2 nitrogen and oxygen atoms in total. The third kappa shape index (κ3) is 2.88. The minimum Gasteiger partial charge on any atom is -0.496 e. The van der Waals surface area contributed by atoms with Gasteiger partial charge >= 0.3 is 0 Å². The molecule has 3 aromatic carbocycles. The second-order valence-corrected chi connectivity index (χ2v) is 6.69. The molecule has 0 atom stereocenters. The van der Waals surface area contributed by atoms with Gasteiger partial charge in [0.05, 0.1) is 7.11 Å². The van der Waals surface area contributed by atoms with Gasteiger partial charge in [-0.15, -0.1) is 0 Å². The quantitative estimate of drug-likeness (QED) is 0.457. The predicted octanol–water partition coefficient (Wildman–Crippen LogP) is 6.38. The summed E-state index contributed by atoms with van der Waals surface area (Å²) in [5.41, 5.74) is 7.29. The highest BCUT2D eigenvalue weighted by Gasteiger charge is 2.09. The number of aryl methyl sites for hydroxylation is 2. The Bertz CT molecular complexity index is 1060. The number of rotatable bonds is 4. The number of aromatic nitrogens is 1. The van der Waals surface area contributed by atoms with Crippen LogP contribution in [-0.4, -0.2) is 12.1 Å². The number of H-pyrrole nitrogens is 1. The maximum Gasteiger partial charge on any atom is 0.126 e. The minimum atomic E-state index is 0.926. The first kappa shape index (κ1) is 16.5. The molecule has 0 bridgehead atoms. The molecule has 2 heteroatoms. The number of hydrogen-bond donors (Lipinski definition) is 1. The van der Waals surface area contributed by atoms with Crippen LogP contribution in [0, 0.1) is 6.92 Å². The summed E-state index contributed by atoms with van der Waals surface area (Å²) in [4.78, 5) is 3.56. The second kappa shape index (κ2) is 6.72. The average molecular weight is 341 g/mol. The molecular formula is C24H23NO. The molecule has 0 saturated heterocycles. The highest BCUT2D eigenvalue weighted by molar-refractivity contribution is 5.94. The Morgan fingerprint density at radius 1 is 0.769 bits per heavy atom. The van der Waals surface area contributed by atoms with Crippen molar-refractivity contribution in [2.75, 3.05) is 7.11 Å². The molecule has 130 valence electrons. The highest BCUT2D eigenvalue weighted by Crippen LogP contribution is 2.33. The molecule has 0 unspecified atom stereocenters. The van der Waals surface area contributed by atoms with Crippen LogP contribution in [0.3, 0.4) is 0 Å². The Morgan fingerprint density at radius 2 is 1.46 bits per heavy atom. The van der Waals surface area contributed by atoms with Crippen molar-refractivity contribution in [1.29, 1.82) is 0 Å². The molecule has 4 aromatic rings. The molecule has 0 saturated carbocycles. The van der Waals surface area contributed by atoms with Gasteiger partial charge in [-0.2, -0.15) is 0 Å².